The van der Waals surface area contributed by atoms with Crippen molar-refractivity contribution in [3.05, 3.63) is 57.5 Å². The van der Waals surface area contributed by atoms with E-state index in [1.165, 1.54) is 35.7 Å². The highest BCUT2D eigenvalue weighted by atomic mass is 32.1. The summed E-state index contributed by atoms with van der Waals surface area (Å²) < 4.78 is 7.26. The summed E-state index contributed by atoms with van der Waals surface area (Å²) in [6.07, 6.45) is 2.65. The van der Waals surface area contributed by atoms with Crippen LogP contribution in [-0.4, -0.2) is 28.5 Å². The monoisotopic (exact) mass is 417 g/mol. The summed E-state index contributed by atoms with van der Waals surface area (Å²) in [5.41, 5.74) is 6.76. The number of esters is 1. The second-order valence-electron chi connectivity index (χ2n) is 6.12. The number of nitrogens with zero attached hydrogens (tertiary/aromatic N) is 1. The van der Waals surface area contributed by atoms with Crippen LogP contribution in [0.5, 0.6) is 0 Å². The Labute approximate surface area is 169 Å². The topological polar surface area (TPSA) is 103 Å². The Morgan fingerprint density at radius 3 is 2.54 bits per heavy atom. The van der Waals surface area contributed by atoms with Crippen LogP contribution in [0.1, 0.15) is 38.1 Å². The molecule has 9 heteroatoms. The zero-order valence-electron chi connectivity index (χ0n) is 15.5. The van der Waals surface area contributed by atoms with Gasteiger partial charge in [-0.05, 0) is 49.9 Å². The van der Waals surface area contributed by atoms with E-state index in [1.807, 2.05) is 42.9 Å². The number of amides is 2. The van der Waals surface area contributed by atoms with Gasteiger partial charge in [-0.25, -0.2) is 4.79 Å². The maximum atomic E-state index is 12.8. The van der Waals surface area contributed by atoms with E-state index < -0.39 is 23.9 Å². The summed E-state index contributed by atoms with van der Waals surface area (Å²) in [6, 6.07) is 5.26. The predicted octanol–water partition coefficient (Wildman–Crippen LogP) is 3.50. The van der Waals surface area contributed by atoms with Gasteiger partial charge in [-0.3, -0.25) is 9.59 Å². The zero-order chi connectivity index (χ0) is 20.4. The molecule has 3 rings (SSSR count). The molecule has 0 bridgehead atoms. The molecule has 1 atom stereocenters. The molecule has 3 heterocycles. The van der Waals surface area contributed by atoms with E-state index >= 15 is 0 Å². The summed E-state index contributed by atoms with van der Waals surface area (Å²) in [7, 11) is 0. The van der Waals surface area contributed by atoms with E-state index in [1.54, 1.807) is 5.38 Å². The average Bonchev–Trinajstić information content (AvgIpc) is 3.36. The number of ether oxygens (including phenoxy) is 1. The molecule has 3 aromatic heterocycles. The quantitative estimate of drug-likeness (QED) is 0.599. The Bertz CT molecular complexity index is 1030. The molecule has 3 N–H and O–H groups in total. The average molecular weight is 418 g/mol. The number of nitrogens with one attached hydrogen (secondary N) is 1. The van der Waals surface area contributed by atoms with Gasteiger partial charge < -0.3 is 20.4 Å². The number of thiophene rings is 2. The highest BCUT2D eigenvalue weighted by Crippen LogP contribution is 2.32. The van der Waals surface area contributed by atoms with Crippen molar-refractivity contribution in [3.8, 4) is 5.00 Å². The van der Waals surface area contributed by atoms with Crippen LogP contribution < -0.4 is 11.1 Å². The van der Waals surface area contributed by atoms with Gasteiger partial charge in [-0.15, -0.1) is 22.7 Å². The van der Waals surface area contributed by atoms with Gasteiger partial charge in [0.05, 0.1) is 11.1 Å². The van der Waals surface area contributed by atoms with Crippen LogP contribution in [0.3, 0.4) is 0 Å². The molecule has 0 radical (unpaired) electrons. The number of rotatable bonds is 6. The molecule has 0 unspecified atom stereocenters. The smallest absolute Gasteiger partial charge is 0.342 e. The molecule has 0 aliphatic heterocycles. The van der Waals surface area contributed by atoms with Crippen LogP contribution in [0, 0.1) is 13.8 Å². The van der Waals surface area contributed by atoms with Gasteiger partial charge in [0.25, 0.3) is 11.8 Å². The first-order valence-corrected chi connectivity index (χ1v) is 10.1. The Balaban J connectivity index is 1.77. The minimum atomic E-state index is -1.05. The molecule has 146 valence electrons. The fourth-order valence-corrected chi connectivity index (χ4v) is 4.49. The van der Waals surface area contributed by atoms with E-state index in [9.17, 15) is 14.4 Å². The second-order valence-corrected chi connectivity index (χ2v) is 8.24. The zero-order valence-corrected chi connectivity index (χ0v) is 17.1. The third kappa shape index (κ3) is 3.85. The highest BCUT2D eigenvalue weighted by Gasteiger charge is 2.26. The minimum Gasteiger partial charge on any atom is -0.449 e. The third-order valence-electron chi connectivity index (χ3n) is 4.23. The fourth-order valence-electron chi connectivity index (χ4n) is 2.59. The number of aromatic nitrogens is 1. The molecule has 0 aliphatic rings. The van der Waals surface area contributed by atoms with Crippen molar-refractivity contribution in [3.63, 3.8) is 0 Å². The molecule has 0 aromatic carbocycles. The Morgan fingerprint density at radius 2 is 1.89 bits per heavy atom. The second kappa shape index (κ2) is 7.99. The third-order valence-corrected chi connectivity index (χ3v) is 6.28. The van der Waals surface area contributed by atoms with E-state index in [0.29, 0.717) is 10.6 Å². The van der Waals surface area contributed by atoms with Crippen molar-refractivity contribution in [2.75, 3.05) is 5.32 Å². The van der Waals surface area contributed by atoms with Crippen molar-refractivity contribution < 1.29 is 19.1 Å². The van der Waals surface area contributed by atoms with Gasteiger partial charge in [0, 0.05) is 17.3 Å². The van der Waals surface area contributed by atoms with E-state index in [2.05, 4.69) is 5.32 Å². The maximum Gasteiger partial charge on any atom is 0.342 e. The van der Waals surface area contributed by atoms with Gasteiger partial charge in [0.15, 0.2) is 6.10 Å². The Morgan fingerprint density at radius 1 is 1.21 bits per heavy atom. The molecule has 0 fully saturated rings. The first-order valence-electron chi connectivity index (χ1n) is 8.42. The molecule has 0 spiro atoms. The van der Waals surface area contributed by atoms with Gasteiger partial charge in [0.2, 0.25) is 0 Å². The summed E-state index contributed by atoms with van der Waals surface area (Å²) in [5, 5.41) is 5.31. The van der Waals surface area contributed by atoms with Crippen LogP contribution in [0.15, 0.2) is 36.0 Å². The number of carbonyl (C=O) groups is 3. The Hall–Kier alpha value is -2.91. The predicted molar refractivity (Wildman–Crippen MR) is 109 cm³/mol. The number of hydrogen-bond donors (Lipinski definition) is 2. The van der Waals surface area contributed by atoms with Gasteiger partial charge in [0.1, 0.15) is 10.0 Å². The minimum absolute atomic E-state index is 0.219. The van der Waals surface area contributed by atoms with Crippen LogP contribution in [0.25, 0.3) is 5.00 Å². The lowest BCUT2D eigenvalue weighted by atomic mass is 10.1. The van der Waals surface area contributed by atoms with E-state index in [-0.39, 0.29) is 5.56 Å². The molecule has 0 saturated heterocycles. The van der Waals surface area contributed by atoms with Crippen molar-refractivity contribution in [2.24, 2.45) is 5.73 Å². The molecule has 0 aliphatic carbocycles. The number of primary amides is 1. The van der Waals surface area contributed by atoms with Crippen LogP contribution in [0.4, 0.5) is 5.00 Å². The molecular formula is C19H19N3O4S2. The van der Waals surface area contributed by atoms with Crippen molar-refractivity contribution >= 4 is 45.5 Å². The highest BCUT2D eigenvalue weighted by molar-refractivity contribution is 7.15. The summed E-state index contributed by atoms with van der Waals surface area (Å²) in [6.45, 7) is 5.27. The standard InChI is InChI=1S/C19H19N3O4S2/c1-10-12(3)28-18(22-7-4-5-8-22)14(10)19(25)26-11(2)16(24)21-17-13(15(20)23)6-9-27-17/h4-9,11H,1-3H3,(H2,20,23)(H,21,24)/t11-/m0/s1. The van der Waals surface area contributed by atoms with E-state index in [0.717, 1.165) is 15.4 Å². The van der Waals surface area contributed by atoms with Gasteiger partial charge >= 0.3 is 5.97 Å². The number of carbonyl (C=O) groups excluding carboxylic acids is 3. The number of anilines is 1. The first kappa shape index (κ1) is 19.8. The number of hydrogen-bond acceptors (Lipinski definition) is 6. The van der Waals surface area contributed by atoms with Crippen molar-refractivity contribution in [1.29, 1.82) is 0 Å². The molecular weight excluding hydrogens is 398 g/mol. The molecule has 0 saturated carbocycles. The van der Waals surface area contributed by atoms with Crippen LogP contribution >= 0.6 is 22.7 Å². The Kier molecular flexibility index (Phi) is 5.66. The SMILES string of the molecule is Cc1sc(-n2cccc2)c(C(=O)O[C@@H](C)C(=O)Nc2sccc2C(N)=O)c1C. The van der Waals surface area contributed by atoms with E-state index in [4.69, 9.17) is 10.5 Å². The summed E-state index contributed by atoms with van der Waals surface area (Å²) >= 11 is 2.65. The van der Waals surface area contributed by atoms with Crippen molar-refractivity contribution in [1.82, 2.24) is 4.57 Å². The summed E-state index contributed by atoms with van der Waals surface area (Å²) in [5.74, 6) is -1.75. The summed E-state index contributed by atoms with van der Waals surface area (Å²) in [4.78, 5) is 37.6. The largest absolute Gasteiger partial charge is 0.449 e. The van der Waals surface area contributed by atoms with Crippen LogP contribution in [0.2, 0.25) is 0 Å². The molecule has 7 nitrogen and oxygen atoms in total. The maximum absolute atomic E-state index is 12.8. The normalized spacial score (nSPS) is 11.8. The fraction of sp³-hybridized carbons (Fsp3) is 0.211. The van der Waals surface area contributed by atoms with Crippen LogP contribution in [-0.2, 0) is 9.53 Å². The molecule has 2 amide bonds. The lowest BCUT2D eigenvalue weighted by molar-refractivity contribution is -0.123. The van der Waals surface area contributed by atoms with Crippen molar-refractivity contribution in [2.45, 2.75) is 26.9 Å². The first-order chi connectivity index (χ1) is 13.3. The number of aryl methyl sites for hydroxylation is 1. The van der Waals surface area contributed by atoms with Gasteiger partial charge in [-0.1, -0.05) is 0 Å². The van der Waals surface area contributed by atoms with Gasteiger partial charge in [-0.2, -0.15) is 0 Å². The lowest BCUT2D eigenvalue weighted by Gasteiger charge is -2.14. The molecule has 28 heavy (non-hydrogen) atoms. The molecule has 3 aromatic rings. The number of nitrogens with two attached hydrogens (primary N) is 1. The lowest BCUT2D eigenvalue weighted by Crippen LogP contribution is -2.30.